The summed E-state index contributed by atoms with van der Waals surface area (Å²) in [6, 6.07) is 18.4. The molecule has 2 N–H and O–H groups in total. The second kappa shape index (κ2) is 5.55. The molecule has 20 heavy (non-hydrogen) atoms. The minimum Gasteiger partial charge on any atom is -0.370 e. The lowest BCUT2D eigenvalue weighted by molar-refractivity contribution is 0.704. The summed E-state index contributed by atoms with van der Waals surface area (Å²) in [5.74, 6) is 0.577. The van der Waals surface area contributed by atoms with Gasteiger partial charge in [-0.3, -0.25) is 4.99 Å². The fourth-order valence-electron chi connectivity index (χ4n) is 2.53. The van der Waals surface area contributed by atoms with Crippen LogP contribution in [0.15, 0.2) is 59.6 Å². The van der Waals surface area contributed by atoms with Gasteiger partial charge in [0.25, 0.3) is 0 Å². The number of benzene rings is 2. The Kier molecular flexibility index (Phi) is 3.61. The number of aliphatic imine (C=N–C) groups is 1. The van der Waals surface area contributed by atoms with Crippen molar-refractivity contribution in [3.63, 3.8) is 0 Å². The van der Waals surface area contributed by atoms with Crippen molar-refractivity contribution in [2.75, 3.05) is 11.4 Å². The molecule has 1 unspecified atom stereocenters. The van der Waals surface area contributed by atoms with Crippen molar-refractivity contribution in [3.05, 3.63) is 65.2 Å². The first-order valence-electron chi connectivity index (χ1n) is 6.63. The zero-order valence-corrected chi connectivity index (χ0v) is 11.8. The molecule has 0 amide bonds. The van der Waals surface area contributed by atoms with E-state index in [0.717, 1.165) is 23.7 Å². The number of nitrogens with zero attached hydrogens (tertiary/aromatic N) is 2. The molecule has 2 aromatic carbocycles. The van der Waals surface area contributed by atoms with Crippen molar-refractivity contribution in [1.82, 2.24) is 0 Å². The summed E-state index contributed by atoms with van der Waals surface area (Å²) in [7, 11) is 0. The van der Waals surface area contributed by atoms with E-state index in [2.05, 4.69) is 34.2 Å². The van der Waals surface area contributed by atoms with Gasteiger partial charge in [0.2, 0.25) is 0 Å². The van der Waals surface area contributed by atoms with Crippen LogP contribution in [-0.2, 0) is 6.42 Å². The van der Waals surface area contributed by atoms with E-state index in [1.165, 1.54) is 5.56 Å². The quantitative estimate of drug-likeness (QED) is 0.941. The molecule has 0 saturated carbocycles. The number of anilines is 1. The number of guanidine groups is 1. The van der Waals surface area contributed by atoms with Gasteiger partial charge >= 0.3 is 0 Å². The van der Waals surface area contributed by atoms with Crippen LogP contribution in [0.25, 0.3) is 0 Å². The Morgan fingerprint density at radius 2 is 1.80 bits per heavy atom. The summed E-state index contributed by atoms with van der Waals surface area (Å²) in [4.78, 5) is 6.47. The third kappa shape index (κ3) is 2.63. The molecule has 1 heterocycles. The molecule has 0 spiro atoms. The van der Waals surface area contributed by atoms with Crippen molar-refractivity contribution in [2.45, 2.75) is 12.5 Å². The smallest absolute Gasteiger partial charge is 0.196 e. The van der Waals surface area contributed by atoms with Crippen molar-refractivity contribution >= 4 is 23.2 Å². The maximum absolute atomic E-state index is 6.04. The van der Waals surface area contributed by atoms with Crippen LogP contribution in [0.2, 0.25) is 5.02 Å². The van der Waals surface area contributed by atoms with Crippen molar-refractivity contribution in [2.24, 2.45) is 10.7 Å². The maximum Gasteiger partial charge on any atom is 0.196 e. The first kappa shape index (κ1) is 13.0. The van der Waals surface area contributed by atoms with Crippen LogP contribution in [0.5, 0.6) is 0 Å². The van der Waals surface area contributed by atoms with Crippen LogP contribution in [0.3, 0.4) is 0 Å². The van der Waals surface area contributed by atoms with E-state index in [1.54, 1.807) is 0 Å². The van der Waals surface area contributed by atoms with Gasteiger partial charge in [0.05, 0.1) is 12.6 Å². The van der Waals surface area contributed by atoms with E-state index in [1.807, 2.05) is 30.3 Å². The van der Waals surface area contributed by atoms with Gasteiger partial charge in [-0.1, -0.05) is 41.9 Å². The molecular formula is C16H16ClN3. The first-order valence-corrected chi connectivity index (χ1v) is 7.00. The Labute approximate surface area is 123 Å². The number of hydrogen-bond acceptors (Lipinski definition) is 3. The predicted octanol–water partition coefficient (Wildman–Crippen LogP) is 3.09. The molecule has 2 aromatic rings. The molecule has 102 valence electrons. The van der Waals surface area contributed by atoms with Gasteiger partial charge in [-0.05, 0) is 36.2 Å². The average Bonchev–Trinajstić information content (AvgIpc) is 2.82. The molecular weight excluding hydrogens is 270 g/mol. The van der Waals surface area contributed by atoms with Crippen LogP contribution in [0, 0.1) is 0 Å². The third-order valence-electron chi connectivity index (χ3n) is 3.49. The monoisotopic (exact) mass is 285 g/mol. The second-order valence-electron chi connectivity index (χ2n) is 4.89. The zero-order valence-electron chi connectivity index (χ0n) is 11.0. The van der Waals surface area contributed by atoms with Crippen LogP contribution in [-0.4, -0.2) is 18.5 Å². The molecule has 0 aliphatic carbocycles. The summed E-state index contributed by atoms with van der Waals surface area (Å²) in [5.41, 5.74) is 8.37. The summed E-state index contributed by atoms with van der Waals surface area (Å²) < 4.78 is 0. The molecule has 3 rings (SSSR count). The molecule has 0 fully saturated rings. The molecule has 0 radical (unpaired) electrons. The lowest BCUT2D eigenvalue weighted by Crippen LogP contribution is -2.42. The number of rotatable bonds is 3. The molecule has 1 atom stereocenters. The third-order valence-corrected chi connectivity index (χ3v) is 3.75. The van der Waals surface area contributed by atoms with Crippen LogP contribution >= 0.6 is 11.6 Å². The lowest BCUT2D eigenvalue weighted by Gasteiger charge is -2.26. The molecule has 0 bridgehead atoms. The highest BCUT2D eigenvalue weighted by molar-refractivity contribution is 6.30. The van der Waals surface area contributed by atoms with E-state index in [9.17, 15) is 0 Å². The SMILES string of the molecule is NC1=NCC(Cc2ccccc2)N1c1ccc(Cl)cc1. The topological polar surface area (TPSA) is 41.6 Å². The molecule has 4 heteroatoms. The minimum atomic E-state index is 0.263. The van der Waals surface area contributed by atoms with Crippen LogP contribution < -0.4 is 10.6 Å². The molecule has 3 nitrogen and oxygen atoms in total. The lowest BCUT2D eigenvalue weighted by atomic mass is 10.0. The summed E-state index contributed by atoms with van der Waals surface area (Å²) >= 11 is 5.94. The predicted molar refractivity (Wildman–Crippen MR) is 84.4 cm³/mol. The van der Waals surface area contributed by atoms with E-state index < -0.39 is 0 Å². The Balaban J connectivity index is 1.83. The average molecular weight is 286 g/mol. The van der Waals surface area contributed by atoms with E-state index >= 15 is 0 Å². The minimum absolute atomic E-state index is 0.263. The first-order chi connectivity index (χ1) is 9.74. The van der Waals surface area contributed by atoms with E-state index in [-0.39, 0.29) is 6.04 Å². The fourth-order valence-corrected chi connectivity index (χ4v) is 2.66. The molecule has 1 aliphatic rings. The van der Waals surface area contributed by atoms with Gasteiger partial charge in [0.15, 0.2) is 5.96 Å². The van der Waals surface area contributed by atoms with Gasteiger partial charge < -0.3 is 10.6 Å². The summed E-state index contributed by atoms with van der Waals surface area (Å²) in [5, 5.41) is 0.725. The molecule has 1 aliphatic heterocycles. The Bertz CT molecular complexity index is 607. The highest BCUT2D eigenvalue weighted by Gasteiger charge is 2.27. The number of hydrogen-bond donors (Lipinski definition) is 1. The van der Waals surface area contributed by atoms with Gasteiger partial charge in [-0.2, -0.15) is 0 Å². The maximum atomic E-state index is 6.04. The fraction of sp³-hybridized carbons (Fsp3) is 0.188. The van der Waals surface area contributed by atoms with Crippen LogP contribution in [0.1, 0.15) is 5.56 Å². The zero-order chi connectivity index (χ0) is 13.9. The summed E-state index contributed by atoms with van der Waals surface area (Å²) in [6.45, 7) is 0.726. The standard InChI is InChI=1S/C16H16ClN3/c17-13-6-8-14(9-7-13)20-15(11-19-16(20)18)10-12-4-2-1-3-5-12/h1-9,15H,10-11H2,(H2,18,19). The van der Waals surface area contributed by atoms with Crippen LogP contribution in [0.4, 0.5) is 5.69 Å². The Morgan fingerprint density at radius 1 is 1.10 bits per heavy atom. The number of halogens is 1. The normalized spacial score (nSPS) is 18.1. The van der Waals surface area contributed by atoms with E-state index in [0.29, 0.717) is 5.96 Å². The van der Waals surface area contributed by atoms with Gasteiger partial charge in [0.1, 0.15) is 0 Å². The highest BCUT2D eigenvalue weighted by atomic mass is 35.5. The second-order valence-corrected chi connectivity index (χ2v) is 5.33. The summed E-state index contributed by atoms with van der Waals surface area (Å²) in [6.07, 6.45) is 0.924. The number of nitrogens with two attached hydrogens (primary N) is 1. The Morgan fingerprint density at radius 3 is 2.50 bits per heavy atom. The van der Waals surface area contributed by atoms with Gasteiger partial charge in [-0.15, -0.1) is 0 Å². The van der Waals surface area contributed by atoms with Gasteiger partial charge in [-0.25, -0.2) is 0 Å². The van der Waals surface area contributed by atoms with E-state index in [4.69, 9.17) is 17.3 Å². The largest absolute Gasteiger partial charge is 0.370 e. The Hall–Kier alpha value is -2.00. The highest BCUT2D eigenvalue weighted by Crippen LogP contribution is 2.24. The van der Waals surface area contributed by atoms with Crippen molar-refractivity contribution < 1.29 is 0 Å². The van der Waals surface area contributed by atoms with Crippen molar-refractivity contribution in [1.29, 1.82) is 0 Å². The van der Waals surface area contributed by atoms with Gasteiger partial charge in [0, 0.05) is 10.7 Å². The molecule has 0 aromatic heterocycles. The molecule has 0 saturated heterocycles. The van der Waals surface area contributed by atoms with Crippen molar-refractivity contribution in [3.8, 4) is 0 Å².